The average Bonchev–Trinajstić information content (AvgIpc) is 3.21. The van der Waals surface area contributed by atoms with Crippen molar-refractivity contribution in [3.8, 4) is 0 Å². The molecule has 0 saturated carbocycles. The Morgan fingerprint density at radius 2 is 1.62 bits per heavy atom. The summed E-state index contributed by atoms with van der Waals surface area (Å²) in [7, 11) is 0. The van der Waals surface area contributed by atoms with Gasteiger partial charge >= 0.3 is 6.18 Å². The summed E-state index contributed by atoms with van der Waals surface area (Å²) in [5.41, 5.74) is 0.657. The molecule has 0 aromatic carbocycles. The van der Waals surface area contributed by atoms with Crippen molar-refractivity contribution in [2.75, 3.05) is 36.0 Å². The number of nitrogens with zero attached hydrogens (tertiary/aromatic N) is 7. The van der Waals surface area contributed by atoms with E-state index in [-0.39, 0.29) is 5.41 Å². The van der Waals surface area contributed by atoms with Crippen molar-refractivity contribution in [1.29, 1.82) is 0 Å². The highest BCUT2D eigenvalue weighted by Gasteiger charge is 2.39. The first-order valence-electron chi connectivity index (χ1n) is 11.2. The first-order chi connectivity index (χ1) is 16.2. The molecule has 0 amide bonds. The first-order valence-corrected chi connectivity index (χ1v) is 11.2. The fourth-order valence-electron chi connectivity index (χ4n) is 4.98. The molecular weight excluding hydrogens is 457 g/mol. The minimum absolute atomic E-state index is 0.141. The lowest BCUT2D eigenvalue weighted by Gasteiger charge is -2.47. The van der Waals surface area contributed by atoms with E-state index in [1.165, 1.54) is 17.1 Å². The zero-order valence-electron chi connectivity index (χ0n) is 18.3. The molecule has 5 rings (SSSR count). The van der Waals surface area contributed by atoms with Gasteiger partial charge in [0.2, 0.25) is 0 Å². The number of alkyl halides is 5. The number of rotatable bonds is 4. The van der Waals surface area contributed by atoms with Crippen LogP contribution in [0.25, 0.3) is 11.2 Å². The van der Waals surface area contributed by atoms with E-state index < -0.39 is 24.8 Å². The van der Waals surface area contributed by atoms with Gasteiger partial charge in [-0.15, -0.1) is 0 Å². The highest BCUT2D eigenvalue weighted by molar-refractivity contribution is 5.71. The fourth-order valence-corrected chi connectivity index (χ4v) is 4.98. The van der Waals surface area contributed by atoms with Crippen molar-refractivity contribution in [3.63, 3.8) is 0 Å². The third kappa shape index (κ3) is 4.49. The molecule has 182 valence electrons. The van der Waals surface area contributed by atoms with Gasteiger partial charge in [-0.05, 0) is 43.2 Å². The molecule has 34 heavy (non-hydrogen) atoms. The van der Waals surface area contributed by atoms with Crippen LogP contribution in [0, 0.1) is 5.41 Å². The molecule has 7 nitrogen and oxygen atoms in total. The molecule has 2 aliphatic heterocycles. The Morgan fingerprint density at radius 1 is 0.941 bits per heavy atom. The Labute approximate surface area is 192 Å². The molecule has 12 heteroatoms. The van der Waals surface area contributed by atoms with E-state index in [0.29, 0.717) is 35.8 Å². The number of fused-ring (bicyclic) bond motifs is 1. The molecule has 0 radical (unpaired) electrons. The van der Waals surface area contributed by atoms with Gasteiger partial charge in [-0.1, -0.05) is 0 Å². The topological polar surface area (TPSA) is 63.0 Å². The molecule has 5 heterocycles. The van der Waals surface area contributed by atoms with Gasteiger partial charge in [-0.3, -0.25) is 4.98 Å². The van der Waals surface area contributed by atoms with E-state index in [2.05, 4.69) is 25.0 Å². The van der Waals surface area contributed by atoms with Gasteiger partial charge in [-0.2, -0.15) is 18.3 Å². The summed E-state index contributed by atoms with van der Waals surface area (Å²) in [6.07, 6.45) is 0.984. The first kappa shape index (κ1) is 22.7. The maximum Gasteiger partial charge on any atom is 0.433 e. The minimum atomic E-state index is -4.46. The van der Waals surface area contributed by atoms with Gasteiger partial charge in [0.15, 0.2) is 5.65 Å². The second kappa shape index (κ2) is 8.62. The second-order valence-corrected chi connectivity index (χ2v) is 9.03. The number of hydrogen-bond acceptors (Lipinski definition) is 6. The smallest absolute Gasteiger partial charge is 0.371 e. The number of piperidine rings is 2. The molecule has 3 aromatic heterocycles. The molecule has 0 bridgehead atoms. The molecule has 2 aliphatic rings. The van der Waals surface area contributed by atoms with E-state index in [1.807, 2.05) is 4.90 Å². The predicted molar refractivity (Wildman–Crippen MR) is 116 cm³/mol. The number of anilines is 2. The number of hydrogen-bond donors (Lipinski definition) is 0. The SMILES string of the molecule is FC(F)Cn1ncc2ncc(N3CCC4(CCN(c5ccnc(C(F)(F)F)c5)CC4)CC3)nc21. The summed E-state index contributed by atoms with van der Waals surface area (Å²) in [5, 5.41) is 3.96. The van der Waals surface area contributed by atoms with Crippen LogP contribution >= 0.6 is 0 Å². The summed E-state index contributed by atoms with van der Waals surface area (Å²) in [6, 6.07) is 2.75. The minimum Gasteiger partial charge on any atom is -0.371 e. The van der Waals surface area contributed by atoms with Crippen LogP contribution in [0.3, 0.4) is 0 Å². The van der Waals surface area contributed by atoms with E-state index in [4.69, 9.17) is 0 Å². The van der Waals surface area contributed by atoms with Crippen LogP contribution < -0.4 is 9.80 Å². The van der Waals surface area contributed by atoms with Gasteiger partial charge in [0.25, 0.3) is 6.43 Å². The quantitative estimate of drug-likeness (QED) is 0.515. The Morgan fingerprint density at radius 3 is 2.26 bits per heavy atom. The molecule has 2 fully saturated rings. The van der Waals surface area contributed by atoms with Crippen LogP contribution in [0.2, 0.25) is 0 Å². The standard InChI is InChI=1S/C22H24F5N7/c23-18(24)14-34-20-16(12-30-34)29-13-19(31-20)33-9-4-21(5-10-33)2-7-32(8-3-21)15-1-6-28-17(11-15)22(25,26)27/h1,6,11-13,18H,2-5,7-10,14H2. The molecular formula is C22H24F5N7. The van der Waals surface area contributed by atoms with Crippen LogP contribution in [0.1, 0.15) is 31.4 Å². The van der Waals surface area contributed by atoms with Gasteiger partial charge in [0.05, 0.1) is 12.4 Å². The monoisotopic (exact) mass is 481 g/mol. The van der Waals surface area contributed by atoms with Gasteiger partial charge in [0, 0.05) is 38.1 Å². The molecule has 2 saturated heterocycles. The van der Waals surface area contributed by atoms with Crippen molar-refractivity contribution in [1.82, 2.24) is 24.7 Å². The molecule has 0 aliphatic carbocycles. The summed E-state index contributed by atoms with van der Waals surface area (Å²) >= 11 is 0. The summed E-state index contributed by atoms with van der Waals surface area (Å²) < 4.78 is 65.8. The Balaban J connectivity index is 1.22. The Hall–Kier alpha value is -3.05. The predicted octanol–water partition coefficient (Wildman–Crippen LogP) is 4.39. The number of aromatic nitrogens is 5. The van der Waals surface area contributed by atoms with E-state index in [9.17, 15) is 22.0 Å². The van der Waals surface area contributed by atoms with Crippen molar-refractivity contribution < 1.29 is 22.0 Å². The number of pyridine rings is 1. The lowest BCUT2D eigenvalue weighted by Crippen LogP contribution is -2.47. The molecule has 3 aromatic rings. The zero-order valence-corrected chi connectivity index (χ0v) is 18.3. The van der Waals surface area contributed by atoms with Crippen molar-refractivity contribution >= 4 is 22.7 Å². The molecule has 1 spiro atoms. The summed E-state index contributed by atoms with van der Waals surface area (Å²) in [5.74, 6) is 0.646. The maximum absolute atomic E-state index is 13.0. The van der Waals surface area contributed by atoms with Crippen LogP contribution in [0.5, 0.6) is 0 Å². The lowest BCUT2D eigenvalue weighted by molar-refractivity contribution is -0.141. The maximum atomic E-state index is 13.0. The van der Waals surface area contributed by atoms with Crippen LogP contribution in [0.4, 0.5) is 33.5 Å². The lowest BCUT2D eigenvalue weighted by atomic mass is 9.71. The highest BCUT2D eigenvalue weighted by Crippen LogP contribution is 2.43. The normalized spacial score (nSPS) is 18.9. The second-order valence-electron chi connectivity index (χ2n) is 9.03. The van der Waals surface area contributed by atoms with Gasteiger partial charge < -0.3 is 9.80 Å². The van der Waals surface area contributed by atoms with Gasteiger partial charge in [0.1, 0.15) is 23.6 Å². The Kier molecular flexibility index (Phi) is 5.76. The van der Waals surface area contributed by atoms with Crippen LogP contribution in [-0.4, -0.2) is 57.3 Å². The largest absolute Gasteiger partial charge is 0.433 e. The molecule has 0 N–H and O–H groups in total. The Bertz CT molecular complexity index is 1140. The fraction of sp³-hybridized carbons (Fsp3) is 0.545. The molecule has 0 atom stereocenters. The summed E-state index contributed by atoms with van der Waals surface area (Å²) in [6.45, 7) is 2.39. The van der Waals surface area contributed by atoms with E-state index in [0.717, 1.165) is 44.8 Å². The van der Waals surface area contributed by atoms with Crippen molar-refractivity contribution in [3.05, 3.63) is 36.4 Å². The average molecular weight is 481 g/mol. The van der Waals surface area contributed by atoms with Crippen LogP contribution in [0.15, 0.2) is 30.7 Å². The highest BCUT2D eigenvalue weighted by atomic mass is 19.4. The summed E-state index contributed by atoms with van der Waals surface area (Å²) in [4.78, 5) is 16.4. The van der Waals surface area contributed by atoms with Crippen LogP contribution in [-0.2, 0) is 12.7 Å². The van der Waals surface area contributed by atoms with E-state index in [1.54, 1.807) is 12.3 Å². The zero-order chi connectivity index (χ0) is 23.9. The van der Waals surface area contributed by atoms with E-state index >= 15 is 0 Å². The third-order valence-corrected chi connectivity index (χ3v) is 7.01. The number of halogens is 5. The van der Waals surface area contributed by atoms with Crippen molar-refractivity contribution in [2.24, 2.45) is 5.41 Å². The van der Waals surface area contributed by atoms with Crippen molar-refractivity contribution in [2.45, 2.75) is 44.8 Å². The molecule has 0 unspecified atom stereocenters. The third-order valence-electron chi connectivity index (χ3n) is 7.01. The van der Waals surface area contributed by atoms with Gasteiger partial charge in [-0.25, -0.2) is 23.4 Å².